The number of nitrogens with zero attached hydrogens (tertiary/aromatic N) is 1. The van der Waals surface area contributed by atoms with Gasteiger partial charge >= 0.3 is 0 Å². The van der Waals surface area contributed by atoms with E-state index in [4.69, 9.17) is 0 Å². The molecular weight excluding hydrogens is 158 g/mol. The predicted octanol–water partition coefficient (Wildman–Crippen LogP) is 1.21. The molecule has 0 bridgehead atoms. The zero-order valence-corrected chi connectivity index (χ0v) is 7.30. The van der Waals surface area contributed by atoms with Crippen LogP contribution in [0.25, 0.3) is 0 Å². The van der Waals surface area contributed by atoms with Crippen molar-refractivity contribution >= 4 is 11.8 Å². The highest BCUT2D eigenvalue weighted by atomic mass is 32.2. The molecule has 0 saturated carbocycles. The minimum Gasteiger partial charge on any atom is -0.315 e. The van der Waals surface area contributed by atoms with Crippen LogP contribution in [-0.4, -0.2) is 16.6 Å². The van der Waals surface area contributed by atoms with Crippen LogP contribution in [0, 0.1) is 0 Å². The second kappa shape index (κ2) is 4.23. The summed E-state index contributed by atoms with van der Waals surface area (Å²) in [5, 5.41) is 0. The first-order valence-corrected chi connectivity index (χ1v) is 4.88. The van der Waals surface area contributed by atoms with E-state index in [1.54, 1.807) is 28.5 Å². The molecule has 1 rings (SSSR count). The van der Waals surface area contributed by atoms with Gasteiger partial charge < -0.3 is 4.57 Å². The number of aryl methyl sites for hydroxylation is 1. The van der Waals surface area contributed by atoms with Crippen molar-refractivity contribution in [1.29, 1.82) is 0 Å². The van der Waals surface area contributed by atoms with Crippen LogP contribution in [-0.2, 0) is 6.54 Å². The molecule has 0 fully saturated rings. The van der Waals surface area contributed by atoms with E-state index in [0.29, 0.717) is 0 Å². The van der Waals surface area contributed by atoms with E-state index >= 15 is 0 Å². The van der Waals surface area contributed by atoms with E-state index < -0.39 is 0 Å². The summed E-state index contributed by atoms with van der Waals surface area (Å²) in [6.45, 7) is 0.806. The minimum atomic E-state index is 0.0848. The molecule has 0 aliphatic heterocycles. The van der Waals surface area contributed by atoms with E-state index in [2.05, 4.69) is 0 Å². The zero-order chi connectivity index (χ0) is 8.10. The Labute approximate surface area is 70.2 Å². The van der Waals surface area contributed by atoms with Gasteiger partial charge in [-0.15, -0.1) is 0 Å². The lowest BCUT2D eigenvalue weighted by Gasteiger charge is -2.01. The average Bonchev–Trinajstić information content (AvgIpc) is 2.03. The third-order valence-electron chi connectivity index (χ3n) is 1.44. The molecular formula is C8H11NOS. The molecule has 0 aliphatic rings. The molecule has 1 aromatic heterocycles. The molecule has 1 heterocycles. The normalized spacial score (nSPS) is 9.91. The molecule has 0 spiro atoms. The van der Waals surface area contributed by atoms with Crippen molar-refractivity contribution in [3.8, 4) is 0 Å². The van der Waals surface area contributed by atoms with Crippen LogP contribution >= 0.6 is 11.8 Å². The SMILES string of the molecule is CSCCn1ccccc1=O. The van der Waals surface area contributed by atoms with Crippen molar-refractivity contribution in [2.24, 2.45) is 0 Å². The molecule has 1 aromatic rings. The van der Waals surface area contributed by atoms with Gasteiger partial charge in [0, 0.05) is 24.6 Å². The Kier molecular flexibility index (Phi) is 3.23. The first-order chi connectivity index (χ1) is 5.34. The molecule has 0 atom stereocenters. The molecule has 60 valence electrons. The summed E-state index contributed by atoms with van der Waals surface area (Å²) in [5.74, 6) is 0.990. The quantitative estimate of drug-likeness (QED) is 0.678. The fourth-order valence-corrected chi connectivity index (χ4v) is 1.21. The van der Waals surface area contributed by atoms with Crippen molar-refractivity contribution in [3.63, 3.8) is 0 Å². The number of pyridine rings is 1. The highest BCUT2D eigenvalue weighted by Crippen LogP contribution is 1.92. The van der Waals surface area contributed by atoms with Gasteiger partial charge in [0.1, 0.15) is 0 Å². The average molecular weight is 169 g/mol. The van der Waals surface area contributed by atoms with Crippen LogP contribution < -0.4 is 5.56 Å². The standard InChI is InChI=1S/C8H11NOS/c1-11-7-6-9-5-3-2-4-8(9)10/h2-5H,6-7H2,1H3. The molecule has 0 aromatic carbocycles. The van der Waals surface area contributed by atoms with Crippen LogP contribution in [0.4, 0.5) is 0 Å². The predicted molar refractivity (Wildman–Crippen MR) is 49.1 cm³/mol. The highest BCUT2D eigenvalue weighted by Gasteiger charge is 1.90. The van der Waals surface area contributed by atoms with Crippen molar-refractivity contribution in [1.82, 2.24) is 4.57 Å². The number of hydrogen-bond donors (Lipinski definition) is 0. The molecule has 0 unspecified atom stereocenters. The third-order valence-corrected chi connectivity index (χ3v) is 2.03. The Balaban J connectivity index is 2.70. The van der Waals surface area contributed by atoms with E-state index in [-0.39, 0.29) is 5.56 Å². The van der Waals surface area contributed by atoms with Crippen LogP contribution in [0.1, 0.15) is 0 Å². The van der Waals surface area contributed by atoms with Gasteiger partial charge in [0.15, 0.2) is 0 Å². The number of aromatic nitrogens is 1. The Bertz CT molecular complexity index is 269. The molecule has 0 saturated heterocycles. The van der Waals surface area contributed by atoms with E-state index in [1.807, 2.05) is 18.5 Å². The molecule has 0 N–H and O–H groups in total. The molecule has 0 amide bonds. The Morgan fingerprint density at radius 1 is 1.55 bits per heavy atom. The number of hydrogen-bond acceptors (Lipinski definition) is 2. The number of thioether (sulfide) groups is 1. The van der Waals surface area contributed by atoms with Gasteiger partial charge in [-0.3, -0.25) is 4.79 Å². The molecule has 3 heteroatoms. The summed E-state index contributed by atoms with van der Waals surface area (Å²) in [5.41, 5.74) is 0.0848. The summed E-state index contributed by atoms with van der Waals surface area (Å²) in [7, 11) is 0. The first-order valence-electron chi connectivity index (χ1n) is 3.49. The summed E-state index contributed by atoms with van der Waals surface area (Å²) < 4.78 is 1.72. The van der Waals surface area contributed by atoms with Crippen molar-refractivity contribution in [2.45, 2.75) is 6.54 Å². The summed E-state index contributed by atoms with van der Waals surface area (Å²) in [6, 6.07) is 5.22. The summed E-state index contributed by atoms with van der Waals surface area (Å²) in [6.07, 6.45) is 3.85. The lowest BCUT2D eigenvalue weighted by atomic mass is 10.5. The van der Waals surface area contributed by atoms with Gasteiger partial charge in [-0.2, -0.15) is 11.8 Å². The lowest BCUT2D eigenvalue weighted by molar-refractivity contribution is 0.735. The van der Waals surface area contributed by atoms with E-state index in [0.717, 1.165) is 12.3 Å². The largest absolute Gasteiger partial charge is 0.315 e. The van der Waals surface area contributed by atoms with Gasteiger partial charge in [-0.1, -0.05) is 6.07 Å². The Hall–Kier alpha value is -0.700. The molecule has 2 nitrogen and oxygen atoms in total. The van der Waals surface area contributed by atoms with Gasteiger partial charge in [-0.05, 0) is 12.3 Å². The van der Waals surface area contributed by atoms with Crippen LogP contribution in [0.5, 0.6) is 0 Å². The minimum absolute atomic E-state index is 0.0848. The van der Waals surface area contributed by atoms with Crippen molar-refractivity contribution in [2.75, 3.05) is 12.0 Å². The fraction of sp³-hybridized carbons (Fsp3) is 0.375. The van der Waals surface area contributed by atoms with Crippen LogP contribution in [0.3, 0.4) is 0 Å². The fourth-order valence-electron chi connectivity index (χ4n) is 0.835. The topological polar surface area (TPSA) is 22.0 Å². The van der Waals surface area contributed by atoms with Gasteiger partial charge in [0.2, 0.25) is 0 Å². The summed E-state index contributed by atoms with van der Waals surface area (Å²) >= 11 is 1.75. The smallest absolute Gasteiger partial charge is 0.250 e. The van der Waals surface area contributed by atoms with Crippen molar-refractivity contribution in [3.05, 3.63) is 34.7 Å². The summed E-state index contributed by atoms with van der Waals surface area (Å²) in [4.78, 5) is 11.1. The maximum atomic E-state index is 11.1. The van der Waals surface area contributed by atoms with E-state index in [9.17, 15) is 4.79 Å². The Morgan fingerprint density at radius 2 is 2.36 bits per heavy atom. The Morgan fingerprint density at radius 3 is 3.00 bits per heavy atom. The lowest BCUT2D eigenvalue weighted by Crippen LogP contribution is -2.18. The monoisotopic (exact) mass is 169 g/mol. The maximum absolute atomic E-state index is 11.1. The third kappa shape index (κ3) is 2.42. The second-order valence-corrected chi connectivity index (χ2v) is 3.21. The van der Waals surface area contributed by atoms with Crippen LogP contribution in [0.2, 0.25) is 0 Å². The first kappa shape index (κ1) is 8.40. The molecule has 0 aliphatic carbocycles. The van der Waals surface area contributed by atoms with Crippen molar-refractivity contribution < 1.29 is 0 Å². The number of rotatable bonds is 3. The van der Waals surface area contributed by atoms with Crippen LogP contribution in [0.15, 0.2) is 29.2 Å². The maximum Gasteiger partial charge on any atom is 0.250 e. The van der Waals surface area contributed by atoms with Gasteiger partial charge in [0.05, 0.1) is 0 Å². The highest BCUT2D eigenvalue weighted by molar-refractivity contribution is 7.98. The van der Waals surface area contributed by atoms with Gasteiger partial charge in [-0.25, -0.2) is 0 Å². The van der Waals surface area contributed by atoms with E-state index in [1.165, 1.54) is 0 Å². The molecule has 0 radical (unpaired) electrons. The molecule has 11 heavy (non-hydrogen) atoms. The van der Waals surface area contributed by atoms with Gasteiger partial charge in [0.25, 0.3) is 5.56 Å². The second-order valence-electron chi connectivity index (χ2n) is 2.23. The zero-order valence-electron chi connectivity index (χ0n) is 6.49.